The highest BCUT2D eigenvalue weighted by Gasteiger charge is 2.16. The average molecular weight is 311 g/mol. The van der Waals surface area contributed by atoms with E-state index in [4.69, 9.17) is 0 Å². The number of amides is 1. The van der Waals surface area contributed by atoms with Crippen LogP contribution in [0.2, 0.25) is 0 Å². The van der Waals surface area contributed by atoms with Crippen molar-refractivity contribution in [2.75, 3.05) is 16.3 Å². The van der Waals surface area contributed by atoms with Gasteiger partial charge in [-0.3, -0.25) is 9.52 Å². The maximum atomic E-state index is 11.8. The second-order valence-corrected chi connectivity index (χ2v) is 7.29. The maximum Gasteiger partial charge on any atom is 0.229 e. The summed E-state index contributed by atoms with van der Waals surface area (Å²) >= 11 is 0. The number of carbonyl (C=O) groups is 1. The van der Waals surface area contributed by atoms with E-state index in [9.17, 15) is 13.2 Å². The molecule has 0 saturated heterocycles. The van der Waals surface area contributed by atoms with Gasteiger partial charge in [0.2, 0.25) is 15.9 Å². The van der Waals surface area contributed by atoms with Crippen molar-refractivity contribution in [3.8, 4) is 0 Å². The minimum atomic E-state index is -3.31. The van der Waals surface area contributed by atoms with Crippen LogP contribution in [-0.2, 0) is 14.8 Å². The standard InChI is InChI=1S/C14H21N3O3S/c1-21(19,20)17-12-7-8-13(15-10-12)16-14(18)9-6-11-4-2-3-5-11/h7-8,10-11,17H,2-6,9H2,1H3,(H,15,16,18). The van der Waals surface area contributed by atoms with Gasteiger partial charge in [0.05, 0.1) is 18.1 Å². The van der Waals surface area contributed by atoms with Gasteiger partial charge < -0.3 is 5.32 Å². The van der Waals surface area contributed by atoms with Gasteiger partial charge in [0.1, 0.15) is 5.82 Å². The van der Waals surface area contributed by atoms with Crippen molar-refractivity contribution in [3.05, 3.63) is 18.3 Å². The SMILES string of the molecule is CS(=O)(=O)Nc1ccc(NC(=O)CCC2CCCC2)nc1. The third-order valence-electron chi connectivity index (χ3n) is 3.59. The van der Waals surface area contributed by atoms with E-state index in [1.165, 1.54) is 31.9 Å². The Labute approximate surface area is 125 Å². The number of hydrogen-bond acceptors (Lipinski definition) is 4. The zero-order valence-corrected chi connectivity index (χ0v) is 12.9. The van der Waals surface area contributed by atoms with E-state index in [0.717, 1.165) is 12.7 Å². The second kappa shape index (κ2) is 6.89. The number of hydrogen-bond donors (Lipinski definition) is 2. The van der Waals surface area contributed by atoms with Crippen LogP contribution in [0.15, 0.2) is 18.3 Å². The molecule has 0 unspecified atom stereocenters. The molecule has 1 fully saturated rings. The number of nitrogens with zero attached hydrogens (tertiary/aromatic N) is 1. The van der Waals surface area contributed by atoms with Crippen LogP contribution < -0.4 is 10.0 Å². The van der Waals surface area contributed by atoms with Crippen LogP contribution in [0.3, 0.4) is 0 Å². The van der Waals surface area contributed by atoms with Crippen molar-refractivity contribution in [2.24, 2.45) is 5.92 Å². The van der Waals surface area contributed by atoms with Crippen LogP contribution >= 0.6 is 0 Å². The zero-order valence-electron chi connectivity index (χ0n) is 12.1. The molecule has 1 aliphatic rings. The number of rotatable bonds is 6. The lowest BCUT2D eigenvalue weighted by atomic mass is 10.0. The quantitative estimate of drug-likeness (QED) is 0.844. The molecule has 0 aromatic carbocycles. The van der Waals surface area contributed by atoms with Gasteiger partial charge in [-0.25, -0.2) is 13.4 Å². The first kappa shape index (κ1) is 15.8. The number of nitrogens with one attached hydrogen (secondary N) is 2. The molecule has 1 aromatic heterocycles. The van der Waals surface area contributed by atoms with E-state index in [0.29, 0.717) is 23.8 Å². The molecule has 0 bridgehead atoms. The summed E-state index contributed by atoms with van der Waals surface area (Å²) in [5, 5.41) is 2.73. The van der Waals surface area contributed by atoms with Crippen LogP contribution in [-0.4, -0.2) is 25.6 Å². The average Bonchev–Trinajstić information content (AvgIpc) is 2.90. The molecule has 1 aromatic rings. The molecule has 0 aliphatic heterocycles. The monoisotopic (exact) mass is 311 g/mol. The highest BCUT2D eigenvalue weighted by molar-refractivity contribution is 7.92. The number of carbonyl (C=O) groups excluding carboxylic acids is 1. The van der Waals surface area contributed by atoms with Gasteiger partial charge in [0.25, 0.3) is 0 Å². The molecular weight excluding hydrogens is 290 g/mol. The Hall–Kier alpha value is -1.63. The van der Waals surface area contributed by atoms with E-state index >= 15 is 0 Å². The van der Waals surface area contributed by atoms with Crippen LogP contribution in [0, 0.1) is 5.92 Å². The molecule has 2 rings (SSSR count). The van der Waals surface area contributed by atoms with Crippen LogP contribution in [0.1, 0.15) is 38.5 Å². The first-order valence-corrected chi connectivity index (χ1v) is 9.05. The normalized spacial score (nSPS) is 15.9. The minimum absolute atomic E-state index is 0.0433. The fourth-order valence-corrected chi connectivity index (χ4v) is 3.13. The first-order valence-electron chi connectivity index (χ1n) is 7.16. The Morgan fingerprint density at radius 3 is 2.62 bits per heavy atom. The molecule has 1 amide bonds. The summed E-state index contributed by atoms with van der Waals surface area (Å²) in [4.78, 5) is 15.8. The van der Waals surface area contributed by atoms with Crippen LogP contribution in [0.25, 0.3) is 0 Å². The predicted molar refractivity (Wildman–Crippen MR) is 82.5 cm³/mol. The molecule has 0 spiro atoms. The second-order valence-electron chi connectivity index (χ2n) is 5.54. The summed E-state index contributed by atoms with van der Waals surface area (Å²) in [6.45, 7) is 0. The summed E-state index contributed by atoms with van der Waals surface area (Å²) in [5.74, 6) is 1.08. The minimum Gasteiger partial charge on any atom is -0.311 e. The zero-order chi connectivity index (χ0) is 15.3. The molecule has 1 aliphatic carbocycles. The highest BCUT2D eigenvalue weighted by Crippen LogP contribution is 2.28. The Morgan fingerprint density at radius 2 is 2.05 bits per heavy atom. The Morgan fingerprint density at radius 1 is 1.33 bits per heavy atom. The summed E-state index contributed by atoms with van der Waals surface area (Å²) in [6, 6.07) is 3.15. The molecule has 1 heterocycles. The van der Waals surface area contributed by atoms with Gasteiger partial charge in [-0.1, -0.05) is 25.7 Å². The highest BCUT2D eigenvalue weighted by atomic mass is 32.2. The van der Waals surface area contributed by atoms with Gasteiger partial charge in [0.15, 0.2) is 0 Å². The lowest BCUT2D eigenvalue weighted by molar-refractivity contribution is -0.116. The lowest BCUT2D eigenvalue weighted by Gasteiger charge is -2.09. The molecule has 6 nitrogen and oxygen atoms in total. The fourth-order valence-electron chi connectivity index (χ4n) is 2.58. The third-order valence-corrected chi connectivity index (χ3v) is 4.20. The smallest absolute Gasteiger partial charge is 0.229 e. The Kier molecular flexibility index (Phi) is 5.17. The molecule has 0 atom stereocenters. The molecule has 116 valence electrons. The first-order chi connectivity index (χ1) is 9.92. The Bertz CT molecular complexity index is 578. The molecule has 21 heavy (non-hydrogen) atoms. The van der Waals surface area contributed by atoms with Gasteiger partial charge in [-0.05, 0) is 24.5 Å². The summed E-state index contributed by atoms with van der Waals surface area (Å²) in [5.41, 5.74) is 0.376. The summed E-state index contributed by atoms with van der Waals surface area (Å²) < 4.78 is 24.5. The van der Waals surface area contributed by atoms with E-state index in [2.05, 4.69) is 15.0 Å². The molecular formula is C14H21N3O3S. The van der Waals surface area contributed by atoms with Crippen LogP contribution in [0.5, 0.6) is 0 Å². The fraction of sp³-hybridized carbons (Fsp3) is 0.571. The number of anilines is 2. The molecule has 7 heteroatoms. The number of pyridine rings is 1. The van der Waals surface area contributed by atoms with Crippen molar-refractivity contribution >= 4 is 27.4 Å². The Balaban J connectivity index is 1.80. The topological polar surface area (TPSA) is 88.2 Å². The lowest BCUT2D eigenvalue weighted by Crippen LogP contribution is -2.14. The summed E-state index contributed by atoms with van der Waals surface area (Å²) in [7, 11) is -3.31. The van der Waals surface area contributed by atoms with Crippen molar-refractivity contribution in [1.29, 1.82) is 0 Å². The van der Waals surface area contributed by atoms with E-state index in [-0.39, 0.29) is 5.91 Å². The van der Waals surface area contributed by atoms with Gasteiger partial charge in [-0.2, -0.15) is 0 Å². The van der Waals surface area contributed by atoms with Crippen molar-refractivity contribution in [2.45, 2.75) is 38.5 Å². The molecule has 0 radical (unpaired) electrons. The number of aromatic nitrogens is 1. The van der Waals surface area contributed by atoms with Crippen molar-refractivity contribution in [1.82, 2.24) is 4.98 Å². The number of sulfonamides is 1. The van der Waals surface area contributed by atoms with Crippen molar-refractivity contribution < 1.29 is 13.2 Å². The molecule has 1 saturated carbocycles. The largest absolute Gasteiger partial charge is 0.311 e. The third kappa shape index (κ3) is 5.71. The van der Waals surface area contributed by atoms with Gasteiger partial charge in [-0.15, -0.1) is 0 Å². The van der Waals surface area contributed by atoms with Crippen LogP contribution in [0.4, 0.5) is 11.5 Å². The van der Waals surface area contributed by atoms with Gasteiger partial charge >= 0.3 is 0 Å². The predicted octanol–water partition coefficient (Wildman–Crippen LogP) is 2.36. The molecule has 2 N–H and O–H groups in total. The van der Waals surface area contributed by atoms with Crippen molar-refractivity contribution in [3.63, 3.8) is 0 Å². The maximum absolute atomic E-state index is 11.8. The summed E-state index contributed by atoms with van der Waals surface area (Å²) in [6.07, 6.45) is 8.93. The van der Waals surface area contributed by atoms with E-state index < -0.39 is 10.0 Å². The van der Waals surface area contributed by atoms with E-state index in [1.807, 2.05) is 0 Å². The van der Waals surface area contributed by atoms with E-state index in [1.54, 1.807) is 12.1 Å². The van der Waals surface area contributed by atoms with Gasteiger partial charge in [0, 0.05) is 6.42 Å².